The van der Waals surface area contributed by atoms with E-state index in [4.69, 9.17) is 4.74 Å². The van der Waals surface area contributed by atoms with Crippen molar-refractivity contribution < 1.29 is 23.0 Å². The van der Waals surface area contributed by atoms with Crippen LogP contribution in [0.25, 0.3) is 6.08 Å². The number of nitriles is 1. The average molecular weight is 378 g/mol. The summed E-state index contributed by atoms with van der Waals surface area (Å²) in [7, 11) is 0. The predicted octanol–water partition coefficient (Wildman–Crippen LogP) is 4.29. The Kier molecular flexibility index (Phi) is 7.59. The molecule has 1 amide bonds. The molecule has 1 N–H and O–H groups in total. The van der Waals surface area contributed by atoms with Crippen molar-refractivity contribution in [3.8, 4) is 17.6 Å². The monoisotopic (exact) mass is 378 g/mol. The van der Waals surface area contributed by atoms with E-state index in [0.29, 0.717) is 5.92 Å². The first kappa shape index (κ1) is 20.7. The Balaban J connectivity index is 2.29. The van der Waals surface area contributed by atoms with E-state index < -0.39 is 12.5 Å². The highest BCUT2D eigenvalue weighted by Crippen LogP contribution is 2.34. The predicted molar refractivity (Wildman–Crippen MR) is 97.4 cm³/mol. The Bertz CT molecular complexity index is 728. The Morgan fingerprint density at radius 3 is 2.78 bits per heavy atom. The van der Waals surface area contributed by atoms with Crippen LogP contribution in [-0.2, 0) is 4.79 Å². The van der Waals surface area contributed by atoms with Gasteiger partial charge in [0, 0.05) is 11.6 Å². The quantitative estimate of drug-likeness (QED) is 0.568. The number of hydrogen-bond donors (Lipinski definition) is 1. The lowest BCUT2D eigenvalue weighted by Crippen LogP contribution is -2.41. The van der Waals surface area contributed by atoms with Crippen molar-refractivity contribution in [1.29, 1.82) is 5.26 Å². The Morgan fingerprint density at radius 2 is 2.15 bits per heavy atom. The van der Waals surface area contributed by atoms with Gasteiger partial charge in [-0.05, 0) is 37.8 Å². The minimum atomic E-state index is -3.05. The summed E-state index contributed by atoms with van der Waals surface area (Å²) in [5.74, 6) is -0.242. The maximum atomic E-state index is 12.8. The van der Waals surface area contributed by atoms with Crippen LogP contribution in [-0.4, -0.2) is 25.2 Å². The van der Waals surface area contributed by atoms with Gasteiger partial charge in [-0.1, -0.05) is 31.9 Å². The van der Waals surface area contributed by atoms with Gasteiger partial charge in [-0.3, -0.25) is 4.79 Å². The smallest absolute Gasteiger partial charge is 0.387 e. The summed E-state index contributed by atoms with van der Waals surface area (Å²) in [5, 5.41) is 12.3. The second-order valence-electron chi connectivity index (χ2n) is 6.50. The largest absolute Gasteiger partial charge is 0.490 e. The number of carbonyl (C=O) groups excluding carboxylic acids is 1. The van der Waals surface area contributed by atoms with Gasteiger partial charge in [0.1, 0.15) is 11.6 Å². The Hall–Kier alpha value is -2.62. The van der Waals surface area contributed by atoms with Gasteiger partial charge in [0.25, 0.3) is 5.91 Å². The molecule has 2 atom stereocenters. The molecule has 1 fully saturated rings. The fraction of sp³-hybridized carbons (Fsp3) is 0.500. The van der Waals surface area contributed by atoms with E-state index in [1.807, 2.05) is 6.07 Å². The molecule has 0 aliphatic heterocycles. The SMILES string of the molecule is CCOc1cccc(/C=C(\C#N)C(=O)N[C@@H]2CCCC[C@@H]2C)c1OC(F)F. The average Bonchev–Trinajstić information content (AvgIpc) is 2.63. The molecule has 0 bridgehead atoms. The van der Waals surface area contributed by atoms with Crippen LogP contribution in [0.3, 0.4) is 0 Å². The molecule has 1 aliphatic rings. The maximum Gasteiger partial charge on any atom is 0.387 e. The van der Waals surface area contributed by atoms with E-state index >= 15 is 0 Å². The molecule has 27 heavy (non-hydrogen) atoms. The van der Waals surface area contributed by atoms with E-state index in [9.17, 15) is 18.8 Å². The summed E-state index contributed by atoms with van der Waals surface area (Å²) in [5.41, 5.74) is 0.0187. The van der Waals surface area contributed by atoms with Gasteiger partial charge in [0.05, 0.1) is 6.61 Å². The van der Waals surface area contributed by atoms with E-state index in [1.165, 1.54) is 18.2 Å². The molecule has 1 aliphatic carbocycles. The third-order valence-electron chi connectivity index (χ3n) is 4.61. The number of nitrogens with zero attached hydrogens (tertiary/aromatic N) is 1. The molecule has 1 saturated carbocycles. The number of alkyl halides is 2. The fourth-order valence-electron chi connectivity index (χ4n) is 3.21. The number of amides is 1. The van der Waals surface area contributed by atoms with E-state index in [0.717, 1.165) is 25.7 Å². The van der Waals surface area contributed by atoms with Crippen LogP contribution in [0.2, 0.25) is 0 Å². The summed E-state index contributed by atoms with van der Waals surface area (Å²) in [6.45, 7) is 0.993. The maximum absolute atomic E-state index is 12.8. The molecular weight excluding hydrogens is 354 g/mol. The summed E-state index contributed by atoms with van der Waals surface area (Å²) in [4.78, 5) is 12.5. The topological polar surface area (TPSA) is 71.3 Å². The Labute approximate surface area is 158 Å². The molecule has 2 rings (SSSR count). The second kappa shape index (κ2) is 9.91. The minimum Gasteiger partial charge on any atom is -0.490 e. The van der Waals surface area contributed by atoms with Gasteiger partial charge in [-0.25, -0.2) is 0 Å². The number of halogens is 2. The normalized spacial score (nSPS) is 20.1. The molecule has 5 nitrogen and oxygen atoms in total. The molecule has 0 unspecified atom stereocenters. The van der Waals surface area contributed by atoms with Gasteiger partial charge >= 0.3 is 6.61 Å². The highest BCUT2D eigenvalue weighted by atomic mass is 19.3. The Morgan fingerprint density at radius 1 is 1.41 bits per heavy atom. The van der Waals surface area contributed by atoms with Gasteiger partial charge in [-0.15, -0.1) is 0 Å². The molecule has 7 heteroatoms. The number of ether oxygens (including phenoxy) is 2. The summed E-state index contributed by atoms with van der Waals surface area (Å²) in [6, 6.07) is 6.44. The summed E-state index contributed by atoms with van der Waals surface area (Å²) >= 11 is 0. The van der Waals surface area contributed by atoms with Crippen LogP contribution in [0.5, 0.6) is 11.5 Å². The van der Waals surface area contributed by atoms with Crippen LogP contribution < -0.4 is 14.8 Å². The number of hydrogen-bond acceptors (Lipinski definition) is 4. The van der Waals surface area contributed by atoms with E-state index in [2.05, 4.69) is 17.0 Å². The third kappa shape index (κ3) is 5.68. The van der Waals surface area contributed by atoms with Crippen LogP contribution in [0.4, 0.5) is 8.78 Å². The van der Waals surface area contributed by atoms with Crippen LogP contribution >= 0.6 is 0 Å². The van der Waals surface area contributed by atoms with E-state index in [-0.39, 0.29) is 35.3 Å². The molecule has 0 radical (unpaired) electrons. The van der Waals surface area contributed by atoms with Crippen LogP contribution in [0.15, 0.2) is 23.8 Å². The zero-order chi connectivity index (χ0) is 19.8. The molecule has 0 spiro atoms. The zero-order valence-corrected chi connectivity index (χ0v) is 15.5. The van der Waals surface area contributed by atoms with Gasteiger partial charge < -0.3 is 14.8 Å². The molecule has 0 saturated heterocycles. The second-order valence-corrected chi connectivity index (χ2v) is 6.50. The highest BCUT2D eigenvalue weighted by Gasteiger charge is 2.24. The number of benzene rings is 1. The lowest BCUT2D eigenvalue weighted by molar-refractivity contribution is -0.118. The van der Waals surface area contributed by atoms with Crippen molar-refractivity contribution in [3.63, 3.8) is 0 Å². The van der Waals surface area contributed by atoms with Crippen LogP contribution in [0.1, 0.15) is 45.1 Å². The first-order chi connectivity index (χ1) is 13.0. The molecule has 0 heterocycles. The summed E-state index contributed by atoms with van der Waals surface area (Å²) in [6.07, 6.45) is 5.31. The van der Waals surface area contributed by atoms with Crippen LogP contribution in [0, 0.1) is 17.2 Å². The lowest BCUT2D eigenvalue weighted by Gasteiger charge is -2.29. The molecule has 1 aromatic carbocycles. The number of nitrogens with one attached hydrogen (secondary N) is 1. The first-order valence-corrected chi connectivity index (χ1v) is 9.09. The van der Waals surface area contributed by atoms with Crippen molar-refractivity contribution in [1.82, 2.24) is 5.32 Å². The molecular formula is C20H24F2N2O3. The highest BCUT2D eigenvalue weighted by molar-refractivity contribution is 6.02. The van der Waals surface area contributed by atoms with Crippen molar-refractivity contribution in [2.24, 2.45) is 5.92 Å². The van der Waals surface area contributed by atoms with Crippen molar-refractivity contribution in [2.75, 3.05) is 6.61 Å². The standard InChI is InChI=1S/C20H24F2N2O3/c1-3-26-17-10-6-8-14(18(17)27-20(21)22)11-15(12-23)19(25)24-16-9-5-4-7-13(16)2/h6,8,10-11,13,16,20H,3-5,7,9H2,1-2H3,(H,24,25)/b15-11+/t13-,16+/m0/s1. The number of carbonyl (C=O) groups is 1. The molecule has 0 aromatic heterocycles. The number of para-hydroxylation sites is 1. The van der Waals surface area contributed by atoms with Crippen molar-refractivity contribution in [2.45, 2.75) is 52.2 Å². The number of rotatable bonds is 7. The van der Waals surface area contributed by atoms with Gasteiger partial charge in [0.2, 0.25) is 0 Å². The zero-order valence-electron chi connectivity index (χ0n) is 15.5. The van der Waals surface area contributed by atoms with Gasteiger partial charge in [-0.2, -0.15) is 14.0 Å². The molecule has 1 aromatic rings. The van der Waals surface area contributed by atoms with Gasteiger partial charge in [0.15, 0.2) is 11.5 Å². The van der Waals surface area contributed by atoms with Crippen molar-refractivity contribution >= 4 is 12.0 Å². The third-order valence-corrected chi connectivity index (χ3v) is 4.61. The minimum absolute atomic E-state index is 0.00884. The lowest BCUT2D eigenvalue weighted by atomic mass is 9.86. The van der Waals surface area contributed by atoms with Crippen molar-refractivity contribution in [3.05, 3.63) is 29.3 Å². The fourth-order valence-corrected chi connectivity index (χ4v) is 3.21. The summed E-state index contributed by atoms with van der Waals surface area (Å²) < 4.78 is 35.5. The first-order valence-electron chi connectivity index (χ1n) is 9.09. The molecule has 146 valence electrons. The van der Waals surface area contributed by atoms with E-state index in [1.54, 1.807) is 13.0 Å².